The number of aryl methyl sites for hydroxylation is 1. The molecule has 2 rings (SSSR count). The number of hydrogen-bond acceptors (Lipinski definition) is 2. The molecule has 0 saturated heterocycles. The third-order valence-electron chi connectivity index (χ3n) is 2.60. The van der Waals surface area contributed by atoms with Crippen LogP contribution >= 0.6 is 11.8 Å². The van der Waals surface area contributed by atoms with Gasteiger partial charge in [0.05, 0.1) is 5.04 Å². The Morgan fingerprint density at radius 2 is 2.40 bits per heavy atom. The summed E-state index contributed by atoms with van der Waals surface area (Å²) in [5.41, 5.74) is 4.19. The van der Waals surface area contributed by atoms with Gasteiger partial charge in [-0.2, -0.15) is 0 Å². The minimum absolute atomic E-state index is 0.928. The molecular weight excluding hydrogens is 202 g/mol. The monoisotopic (exact) mass is 217 g/mol. The van der Waals surface area contributed by atoms with E-state index in [2.05, 4.69) is 36.7 Å². The van der Waals surface area contributed by atoms with Crippen LogP contribution in [-0.4, -0.2) is 17.3 Å². The Morgan fingerprint density at radius 1 is 1.53 bits per heavy atom. The van der Waals surface area contributed by atoms with E-state index >= 15 is 0 Å². The topological polar surface area (TPSA) is 12.4 Å². The van der Waals surface area contributed by atoms with E-state index in [1.165, 1.54) is 21.7 Å². The normalized spacial score (nSPS) is 14.3. The maximum Gasteiger partial charge on any atom is 0.0982 e. The molecule has 1 aromatic carbocycles. The molecule has 0 unspecified atom stereocenters. The van der Waals surface area contributed by atoms with Crippen LogP contribution in [0, 0.1) is 6.92 Å². The number of hydrogen-bond donors (Lipinski definition) is 0. The van der Waals surface area contributed by atoms with E-state index in [1.54, 1.807) is 11.8 Å². The summed E-state index contributed by atoms with van der Waals surface area (Å²) in [7, 11) is 0. The van der Waals surface area contributed by atoms with E-state index in [0.717, 1.165) is 18.7 Å². The van der Waals surface area contributed by atoms with Crippen molar-refractivity contribution in [2.45, 2.75) is 13.3 Å². The van der Waals surface area contributed by atoms with Gasteiger partial charge in [0.2, 0.25) is 0 Å². The molecule has 0 radical (unpaired) electrons. The van der Waals surface area contributed by atoms with Gasteiger partial charge in [0.15, 0.2) is 0 Å². The molecule has 1 aliphatic rings. The van der Waals surface area contributed by atoms with E-state index in [0.29, 0.717) is 0 Å². The molecule has 1 aromatic rings. The number of nitrogens with zero attached hydrogens (tertiary/aromatic N) is 1. The van der Waals surface area contributed by atoms with E-state index in [4.69, 9.17) is 0 Å². The molecule has 2 heteroatoms. The van der Waals surface area contributed by atoms with Crippen molar-refractivity contribution in [1.82, 2.24) is 0 Å². The first-order valence-corrected chi connectivity index (χ1v) is 6.18. The molecule has 0 saturated carbocycles. The maximum absolute atomic E-state index is 4.58. The van der Waals surface area contributed by atoms with Crippen LogP contribution in [0.2, 0.25) is 0 Å². The Hall–Kier alpha value is -1.02. The van der Waals surface area contributed by atoms with Crippen molar-refractivity contribution in [3.63, 3.8) is 0 Å². The third kappa shape index (κ3) is 2.15. The van der Waals surface area contributed by atoms with Crippen LogP contribution in [0.3, 0.4) is 0 Å². The highest BCUT2D eigenvalue weighted by atomic mass is 32.2. The van der Waals surface area contributed by atoms with Crippen LogP contribution in [0.5, 0.6) is 0 Å². The number of rotatable bonds is 2. The van der Waals surface area contributed by atoms with Gasteiger partial charge in [0.1, 0.15) is 0 Å². The zero-order chi connectivity index (χ0) is 10.7. The highest BCUT2D eigenvalue weighted by Gasteiger charge is 2.14. The standard InChI is InChI=1S/C13H15NS/c1-3-9-15-13-12-6-4-5-10(2)11(12)7-8-14-13/h3-6H,1,7-9H2,2H3. The van der Waals surface area contributed by atoms with Crippen LogP contribution in [0.4, 0.5) is 0 Å². The predicted molar refractivity (Wildman–Crippen MR) is 68.9 cm³/mol. The van der Waals surface area contributed by atoms with Crippen LogP contribution in [0.1, 0.15) is 16.7 Å². The SMILES string of the molecule is C=CCSC1=NCCc2c(C)cccc21. The molecular formula is C13H15NS. The fourth-order valence-electron chi connectivity index (χ4n) is 1.85. The van der Waals surface area contributed by atoms with Crippen LogP contribution in [0.25, 0.3) is 0 Å². The molecule has 0 aromatic heterocycles. The zero-order valence-electron chi connectivity index (χ0n) is 8.99. The highest BCUT2D eigenvalue weighted by Crippen LogP contribution is 2.24. The summed E-state index contributed by atoms with van der Waals surface area (Å²) in [6.07, 6.45) is 3.01. The first-order chi connectivity index (χ1) is 7.33. The van der Waals surface area contributed by atoms with Crippen molar-refractivity contribution in [3.05, 3.63) is 47.5 Å². The Kier molecular flexibility index (Phi) is 3.27. The third-order valence-corrected chi connectivity index (χ3v) is 3.62. The molecule has 0 bridgehead atoms. The van der Waals surface area contributed by atoms with Crippen molar-refractivity contribution in [1.29, 1.82) is 0 Å². The van der Waals surface area contributed by atoms with Crippen molar-refractivity contribution >= 4 is 16.8 Å². The van der Waals surface area contributed by atoms with Crippen molar-refractivity contribution in [3.8, 4) is 0 Å². The molecule has 1 aliphatic heterocycles. The molecule has 0 atom stereocenters. The lowest BCUT2D eigenvalue weighted by Crippen LogP contribution is -2.11. The second-order valence-electron chi connectivity index (χ2n) is 3.64. The van der Waals surface area contributed by atoms with E-state index in [9.17, 15) is 0 Å². The van der Waals surface area contributed by atoms with E-state index < -0.39 is 0 Å². The number of fused-ring (bicyclic) bond motifs is 1. The molecule has 0 N–H and O–H groups in total. The first kappa shape index (κ1) is 10.5. The first-order valence-electron chi connectivity index (χ1n) is 5.20. The Morgan fingerprint density at radius 3 is 3.20 bits per heavy atom. The number of aliphatic imine (C=N–C) groups is 1. The van der Waals surface area contributed by atoms with Crippen molar-refractivity contribution in [2.24, 2.45) is 4.99 Å². The largest absolute Gasteiger partial charge is 0.277 e. The summed E-state index contributed by atoms with van der Waals surface area (Å²) in [5.74, 6) is 0.937. The lowest BCUT2D eigenvalue weighted by atomic mass is 9.98. The average molecular weight is 217 g/mol. The van der Waals surface area contributed by atoms with Gasteiger partial charge in [0, 0.05) is 17.9 Å². The smallest absolute Gasteiger partial charge is 0.0982 e. The summed E-state index contributed by atoms with van der Waals surface area (Å²) in [5, 5.41) is 1.18. The molecule has 1 heterocycles. The molecule has 78 valence electrons. The quantitative estimate of drug-likeness (QED) is 0.693. The van der Waals surface area contributed by atoms with Crippen LogP contribution in [0.15, 0.2) is 35.8 Å². The minimum atomic E-state index is 0.928. The molecule has 0 amide bonds. The molecule has 1 nitrogen and oxygen atoms in total. The van der Waals surface area contributed by atoms with Gasteiger partial charge in [-0.25, -0.2) is 0 Å². The fraction of sp³-hybridized carbons (Fsp3) is 0.308. The average Bonchev–Trinajstić information content (AvgIpc) is 2.27. The predicted octanol–water partition coefficient (Wildman–Crippen LogP) is 3.22. The van der Waals surface area contributed by atoms with Gasteiger partial charge < -0.3 is 0 Å². The summed E-state index contributed by atoms with van der Waals surface area (Å²) < 4.78 is 0. The van der Waals surface area contributed by atoms with Crippen LogP contribution in [-0.2, 0) is 6.42 Å². The van der Waals surface area contributed by atoms with E-state index in [-0.39, 0.29) is 0 Å². The Labute approximate surface area is 95.3 Å². The van der Waals surface area contributed by atoms with Gasteiger partial charge in [-0.15, -0.1) is 18.3 Å². The minimum Gasteiger partial charge on any atom is -0.277 e. The summed E-state index contributed by atoms with van der Waals surface area (Å²) in [6, 6.07) is 6.47. The lowest BCUT2D eigenvalue weighted by Gasteiger charge is -2.17. The van der Waals surface area contributed by atoms with Gasteiger partial charge in [-0.3, -0.25) is 4.99 Å². The van der Waals surface area contributed by atoms with Crippen molar-refractivity contribution < 1.29 is 0 Å². The number of benzene rings is 1. The summed E-state index contributed by atoms with van der Waals surface area (Å²) in [4.78, 5) is 4.58. The van der Waals surface area contributed by atoms with Gasteiger partial charge >= 0.3 is 0 Å². The molecule has 0 fully saturated rings. The Bertz CT molecular complexity index is 407. The van der Waals surface area contributed by atoms with E-state index in [1.807, 2.05) is 6.08 Å². The fourth-order valence-corrected chi connectivity index (χ4v) is 2.66. The second kappa shape index (κ2) is 4.67. The van der Waals surface area contributed by atoms with Gasteiger partial charge in [-0.1, -0.05) is 24.3 Å². The molecule has 0 spiro atoms. The summed E-state index contributed by atoms with van der Waals surface area (Å²) >= 11 is 1.78. The van der Waals surface area contributed by atoms with Gasteiger partial charge in [0.25, 0.3) is 0 Å². The van der Waals surface area contributed by atoms with Crippen LogP contribution < -0.4 is 0 Å². The highest BCUT2D eigenvalue weighted by molar-refractivity contribution is 8.14. The zero-order valence-corrected chi connectivity index (χ0v) is 9.81. The van der Waals surface area contributed by atoms with Crippen molar-refractivity contribution in [2.75, 3.05) is 12.3 Å². The Balaban J connectivity index is 2.33. The summed E-state index contributed by atoms with van der Waals surface area (Å²) in [6.45, 7) is 6.85. The number of thioether (sulfide) groups is 1. The lowest BCUT2D eigenvalue weighted by molar-refractivity contribution is 0.939. The maximum atomic E-state index is 4.58. The van der Waals surface area contributed by atoms with Gasteiger partial charge in [-0.05, 0) is 24.5 Å². The second-order valence-corrected chi connectivity index (χ2v) is 4.65. The molecule has 0 aliphatic carbocycles. The molecule has 15 heavy (non-hydrogen) atoms.